The molecule has 1 aliphatic rings. The molecule has 0 radical (unpaired) electrons. The van der Waals surface area contributed by atoms with Crippen LogP contribution in [-0.4, -0.2) is 23.3 Å². The van der Waals surface area contributed by atoms with Crippen LogP contribution >= 0.6 is 0 Å². The lowest BCUT2D eigenvalue weighted by molar-refractivity contribution is -0.154. The average Bonchev–Trinajstić information content (AvgIpc) is 1.98. The molecule has 0 aromatic heterocycles. The Labute approximate surface area is 84.8 Å². The first-order chi connectivity index (χ1) is 6.54. The van der Waals surface area contributed by atoms with Gasteiger partial charge in [0, 0.05) is 0 Å². The molecule has 1 rings (SSSR count). The van der Waals surface area contributed by atoms with Crippen molar-refractivity contribution in [1.82, 2.24) is 0 Å². The molecule has 0 aromatic rings. The minimum atomic E-state index is -0.764. The van der Waals surface area contributed by atoms with E-state index in [9.17, 15) is 4.79 Å². The van der Waals surface area contributed by atoms with E-state index in [4.69, 9.17) is 9.84 Å². The van der Waals surface area contributed by atoms with Crippen LogP contribution in [0.1, 0.15) is 39.0 Å². The highest BCUT2D eigenvalue weighted by molar-refractivity contribution is 5.68. The maximum atomic E-state index is 10.6. The van der Waals surface area contributed by atoms with Crippen LogP contribution in [0.2, 0.25) is 0 Å². The molecule has 14 heavy (non-hydrogen) atoms. The SMILES string of the molecule is C=C(C)CCOC1(CC(=O)O)CCC1. The van der Waals surface area contributed by atoms with Gasteiger partial charge in [0.1, 0.15) is 0 Å². The van der Waals surface area contributed by atoms with Gasteiger partial charge in [-0.05, 0) is 32.6 Å². The van der Waals surface area contributed by atoms with Crippen molar-refractivity contribution in [3.05, 3.63) is 12.2 Å². The van der Waals surface area contributed by atoms with Crippen molar-refractivity contribution >= 4 is 5.97 Å². The van der Waals surface area contributed by atoms with Crippen LogP contribution in [0.3, 0.4) is 0 Å². The molecule has 1 fully saturated rings. The second-order valence-electron chi connectivity index (χ2n) is 4.16. The van der Waals surface area contributed by atoms with Gasteiger partial charge in [-0.2, -0.15) is 0 Å². The Balaban J connectivity index is 2.30. The van der Waals surface area contributed by atoms with Crippen LogP contribution in [-0.2, 0) is 9.53 Å². The molecule has 0 atom stereocenters. The van der Waals surface area contributed by atoms with Crippen molar-refractivity contribution in [3.8, 4) is 0 Å². The van der Waals surface area contributed by atoms with Crippen molar-refractivity contribution < 1.29 is 14.6 Å². The third kappa shape index (κ3) is 3.14. The van der Waals surface area contributed by atoms with E-state index >= 15 is 0 Å². The molecule has 1 aliphatic carbocycles. The van der Waals surface area contributed by atoms with Gasteiger partial charge >= 0.3 is 5.97 Å². The molecule has 0 aliphatic heterocycles. The Bertz CT molecular complexity index is 229. The number of ether oxygens (including phenoxy) is 1. The molecular weight excluding hydrogens is 180 g/mol. The monoisotopic (exact) mass is 198 g/mol. The number of hydrogen-bond donors (Lipinski definition) is 1. The fourth-order valence-electron chi connectivity index (χ4n) is 1.66. The van der Waals surface area contributed by atoms with Gasteiger partial charge in [-0.3, -0.25) is 4.79 Å². The minimum Gasteiger partial charge on any atom is -0.481 e. The van der Waals surface area contributed by atoms with Crippen LogP contribution in [0.25, 0.3) is 0 Å². The Kier molecular flexibility index (Phi) is 3.69. The zero-order chi connectivity index (χ0) is 10.6. The molecule has 0 saturated heterocycles. The molecule has 80 valence electrons. The summed E-state index contributed by atoms with van der Waals surface area (Å²) < 4.78 is 5.65. The average molecular weight is 198 g/mol. The van der Waals surface area contributed by atoms with Gasteiger partial charge in [0.25, 0.3) is 0 Å². The molecule has 3 heteroatoms. The van der Waals surface area contributed by atoms with E-state index in [0.717, 1.165) is 31.3 Å². The number of carboxylic acids is 1. The fraction of sp³-hybridized carbons (Fsp3) is 0.727. The largest absolute Gasteiger partial charge is 0.481 e. The lowest BCUT2D eigenvalue weighted by Gasteiger charge is -2.40. The fourth-order valence-corrected chi connectivity index (χ4v) is 1.66. The van der Waals surface area contributed by atoms with Gasteiger partial charge in [-0.15, -0.1) is 6.58 Å². The standard InChI is InChI=1S/C11H18O3/c1-9(2)4-7-14-11(5-3-6-11)8-10(12)13/h1,3-8H2,2H3,(H,12,13). The number of carbonyl (C=O) groups is 1. The summed E-state index contributed by atoms with van der Waals surface area (Å²) in [5.74, 6) is -0.764. The van der Waals surface area contributed by atoms with E-state index in [1.807, 2.05) is 6.92 Å². The van der Waals surface area contributed by atoms with Crippen molar-refractivity contribution in [2.24, 2.45) is 0 Å². The van der Waals surface area contributed by atoms with E-state index in [2.05, 4.69) is 6.58 Å². The summed E-state index contributed by atoms with van der Waals surface area (Å²) in [5, 5.41) is 8.73. The second kappa shape index (κ2) is 4.60. The van der Waals surface area contributed by atoms with E-state index in [-0.39, 0.29) is 12.0 Å². The first kappa shape index (κ1) is 11.2. The summed E-state index contributed by atoms with van der Waals surface area (Å²) in [6, 6.07) is 0. The van der Waals surface area contributed by atoms with Crippen molar-refractivity contribution in [2.75, 3.05) is 6.61 Å². The van der Waals surface area contributed by atoms with Gasteiger partial charge in [0.15, 0.2) is 0 Å². The van der Waals surface area contributed by atoms with E-state index in [1.54, 1.807) is 0 Å². The molecule has 0 aromatic carbocycles. The molecule has 1 saturated carbocycles. The highest BCUT2D eigenvalue weighted by atomic mass is 16.5. The smallest absolute Gasteiger partial charge is 0.306 e. The van der Waals surface area contributed by atoms with Gasteiger partial charge in [0.05, 0.1) is 18.6 Å². The summed E-state index contributed by atoms with van der Waals surface area (Å²) in [7, 11) is 0. The zero-order valence-electron chi connectivity index (χ0n) is 8.71. The van der Waals surface area contributed by atoms with E-state index < -0.39 is 5.97 Å². The lowest BCUT2D eigenvalue weighted by Crippen LogP contribution is -2.42. The van der Waals surface area contributed by atoms with Crippen molar-refractivity contribution in [2.45, 2.75) is 44.6 Å². The van der Waals surface area contributed by atoms with E-state index in [0.29, 0.717) is 6.61 Å². The summed E-state index contributed by atoms with van der Waals surface area (Å²) in [6.45, 7) is 6.34. The molecule has 0 spiro atoms. The molecular formula is C11H18O3. The third-order valence-corrected chi connectivity index (χ3v) is 2.68. The summed E-state index contributed by atoms with van der Waals surface area (Å²) in [4.78, 5) is 10.6. The maximum absolute atomic E-state index is 10.6. The van der Waals surface area contributed by atoms with Crippen LogP contribution < -0.4 is 0 Å². The topological polar surface area (TPSA) is 46.5 Å². The van der Waals surface area contributed by atoms with Crippen LogP contribution in [0.15, 0.2) is 12.2 Å². The van der Waals surface area contributed by atoms with Gasteiger partial charge in [-0.25, -0.2) is 0 Å². The number of hydrogen-bond acceptors (Lipinski definition) is 2. The first-order valence-electron chi connectivity index (χ1n) is 5.04. The Morgan fingerprint density at radius 2 is 2.21 bits per heavy atom. The van der Waals surface area contributed by atoms with Gasteiger partial charge in [0.2, 0.25) is 0 Å². The number of aliphatic carboxylic acids is 1. The quantitative estimate of drug-likeness (QED) is 0.666. The molecule has 0 heterocycles. The first-order valence-corrected chi connectivity index (χ1v) is 5.04. The molecule has 0 bridgehead atoms. The normalized spacial score (nSPS) is 18.6. The number of carboxylic acid groups (broad SMARTS) is 1. The molecule has 0 unspecified atom stereocenters. The van der Waals surface area contributed by atoms with E-state index in [1.165, 1.54) is 0 Å². The predicted molar refractivity (Wildman–Crippen MR) is 54.2 cm³/mol. The summed E-state index contributed by atoms with van der Waals surface area (Å²) in [6.07, 6.45) is 3.82. The Morgan fingerprint density at radius 1 is 1.57 bits per heavy atom. The lowest BCUT2D eigenvalue weighted by atomic mass is 9.77. The summed E-state index contributed by atoms with van der Waals surface area (Å²) >= 11 is 0. The van der Waals surface area contributed by atoms with Gasteiger partial charge < -0.3 is 9.84 Å². The molecule has 0 amide bonds. The summed E-state index contributed by atoms with van der Waals surface area (Å²) in [5.41, 5.74) is 0.719. The molecule has 1 N–H and O–H groups in total. The second-order valence-corrected chi connectivity index (χ2v) is 4.16. The predicted octanol–water partition coefficient (Wildman–Crippen LogP) is 2.37. The van der Waals surface area contributed by atoms with Crippen LogP contribution in [0.5, 0.6) is 0 Å². The maximum Gasteiger partial charge on any atom is 0.306 e. The zero-order valence-corrected chi connectivity index (χ0v) is 8.71. The third-order valence-electron chi connectivity index (χ3n) is 2.68. The highest BCUT2D eigenvalue weighted by Gasteiger charge is 2.39. The minimum absolute atomic E-state index is 0.142. The highest BCUT2D eigenvalue weighted by Crippen LogP contribution is 2.38. The van der Waals surface area contributed by atoms with Crippen LogP contribution in [0, 0.1) is 0 Å². The van der Waals surface area contributed by atoms with Crippen molar-refractivity contribution in [1.29, 1.82) is 0 Å². The van der Waals surface area contributed by atoms with Gasteiger partial charge in [-0.1, -0.05) is 5.57 Å². The Hall–Kier alpha value is -0.830. The Morgan fingerprint density at radius 3 is 2.57 bits per heavy atom. The van der Waals surface area contributed by atoms with Crippen LogP contribution in [0.4, 0.5) is 0 Å². The van der Waals surface area contributed by atoms with Crippen molar-refractivity contribution in [3.63, 3.8) is 0 Å². The molecule has 3 nitrogen and oxygen atoms in total. The number of rotatable bonds is 6.